The first kappa shape index (κ1) is 21.9. The molecule has 3 heterocycles. The van der Waals surface area contributed by atoms with Crippen molar-refractivity contribution < 1.29 is 23.0 Å². The minimum Gasteiger partial charge on any atom is -0.485 e. The molecule has 0 aliphatic carbocycles. The van der Waals surface area contributed by atoms with Gasteiger partial charge in [-0.2, -0.15) is 13.2 Å². The Kier molecular flexibility index (Phi) is 5.62. The molecule has 3 aromatic rings. The number of halogens is 3. The largest absolute Gasteiger partial charge is 0.485 e. The van der Waals surface area contributed by atoms with Crippen molar-refractivity contribution in [3.63, 3.8) is 0 Å². The van der Waals surface area contributed by atoms with Crippen LogP contribution in [0.2, 0.25) is 0 Å². The van der Waals surface area contributed by atoms with Gasteiger partial charge < -0.3 is 9.84 Å². The molecule has 0 radical (unpaired) electrons. The molecule has 0 unspecified atom stereocenters. The van der Waals surface area contributed by atoms with Crippen LogP contribution < -0.4 is 4.74 Å². The van der Waals surface area contributed by atoms with E-state index in [0.29, 0.717) is 0 Å². The lowest BCUT2D eigenvalue weighted by Crippen LogP contribution is -2.46. The number of aromatic nitrogens is 1. The number of rotatable bonds is 4. The number of piperidine rings is 1. The molecule has 172 valence electrons. The third kappa shape index (κ3) is 4.61. The average Bonchev–Trinajstić information content (AvgIpc) is 3.18. The van der Waals surface area contributed by atoms with Crippen LogP contribution >= 0.6 is 0 Å². The molecule has 0 bridgehead atoms. The fraction of sp³-hybridized carbons (Fsp3) is 0.346. The summed E-state index contributed by atoms with van der Waals surface area (Å²) in [5.74, 6) is 0.919. The summed E-state index contributed by atoms with van der Waals surface area (Å²) in [5, 5.41) is 9.38. The van der Waals surface area contributed by atoms with E-state index in [1.807, 2.05) is 30.6 Å². The van der Waals surface area contributed by atoms with Gasteiger partial charge in [-0.15, -0.1) is 0 Å². The van der Waals surface area contributed by atoms with Crippen molar-refractivity contribution in [2.75, 3.05) is 13.1 Å². The first-order valence-corrected chi connectivity index (χ1v) is 11.1. The number of alkyl halides is 3. The molecule has 1 N–H and O–H groups in total. The van der Waals surface area contributed by atoms with Gasteiger partial charge in [0.15, 0.2) is 6.10 Å². The Morgan fingerprint density at radius 3 is 2.21 bits per heavy atom. The third-order valence-corrected chi connectivity index (χ3v) is 6.71. The van der Waals surface area contributed by atoms with Crippen LogP contribution in [0, 0.1) is 0 Å². The molecule has 1 spiro atoms. The fourth-order valence-corrected chi connectivity index (χ4v) is 4.77. The van der Waals surface area contributed by atoms with E-state index in [9.17, 15) is 18.3 Å². The normalized spacial score (nSPS) is 18.7. The van der Waals surface area contributed by atoms with Crippen LogP contribution in [0.4, 0.5) is 13.2 Å². The highest BCUT2D eigenvalue weighted by Crippen LogP contribution is 2.40. The van der Waals surface area contributed by atoms with Crippen molar-refractivity contribution in [1.82, 2.24) is 9.88 Å². The summed E-state index contributed by atoms with van der Waals surface area (Å²) in [7, 11) is 0. The van der Waals surface area contributed by atoms with Crippen molar-refractivity contribution in [2.24, 2.45) is 0 Å². The fourth-order valence-electron chi connectivity index (χ4n) is 4.77. The van der Waals surface area contributed by atoms with E-state index in [0.717, 1.165) is 55.8 Å². The Hall–Kier alpha value is -2.90. The predicted octanol–water partition coefficient (Wildman–Crippen LogP) is 5.31. The molecule has 1 fully saturated rings. The van der Waals surface area contributed by atoms with Crippen LogP contribution in [-0.4, -0.2) is 39.9 Å². The molecule has 2 aromatic carbocycles. The molecule has 1 saturated heterocycles. The molecule has 2 aliphatic rings. The van der Waals surface area contributed by atoms with Crippen molar-refractivity contribution >= 4 is 0 Å². The first-order chi connectivity index (χ1) is 15.8. The highest BCUT2D eigenvalue weighted by Gasteiger charge is 2.42. The van der Waals surface area contributed by atoms with Gasteiger partial charge in [0.05, 0.1) is 6.20 Å². The Morgan fingerprint density at radius 1 is 0.970 bits per heavy atom. The van der Waals surface area contributed by atoms with E-state index in [2.05, 4.69) is 22.0 Å². The Labute approximate surface area is 190 Å². The molecular weight excluding hydrogens is 429 g/mol. The van der Waals surface area contributed by atoms with Crippen LogP contribution in [0.3, 0.4) is 0 Å². The van der Waals surface area contributed by atoms with Gasteiger partial charge >= 0.3 is 6.18 Å². The number of ether oxygens (including phenoxy) is 1. The molecule has 1 aromatic heterocycles. The smallest absolute Gasteiger partial charge is 0.418 e. The quantitative estimate of drug-likeness (QED) is 0.580. The van der Waals surface area contributed by atoms with Crippen molar-refractivity contribution in [3.05, 3.63) is 83.7 Å². The number of hydrogen-bond donors (Lipinski definition) is 1. The summed E-state index contributed by atoms with van der Waals surface area (Å²) in [6, 6.07) is 16.0. The number of fused-ring (bicyclic) bond motifs is 1. The number of aliphatic hydroxyl groups is 1. The summed E-state index contributed by atoms with van der Waals surface area (Å²) >= 11 is 0. The Morgan fingerprint density at radius 2 is 1.61 bits per heavy atom. The lowest BCUT2D eigenvalue weighted by atomic mass is 9.87. The highest BCUT2D eigenvalue weighted by molar-refractivity contribution is 5.64. The number of aliphatic hydroxyl groups excluding tert-OH is 1. The summed E-state index contributed by atoms with van der Waals surface area (Å²) in [6.07, 6.45) is -0.581. The number of hydrogen-bond acceptors (Lipinski definition) is 4. The molecule has 5 rings (SSSR count). The molecule has 0 saturated carbocycles. The van der Waals surface area contributed by atoms with Crippen LogP contribution in [0.1, 0.15) is 35.6 Å². The van der Waals surface area contributed by atoms with E-state index >= 15 is 0 Å². The van der Waals surface area contributed by atoms with Crippen LogP contribution in [0.25, 0.3) is 11.1 Å². The lowest BCUT2D eigenvalue weighted by Gasteiger charge is -2.38. The second-order valence-electron chi connectivity index (χ2n) is 8.98. The SMILES string of the molecule is O[C@H](c1ccc(-c2ccc(CN3CCC4(CC3)Cc3ccncc3O4)cc2)cc1)C(F)(F)F. The molecule has 2 aliphatic heterocycles. The maximum Gasteiger partial charge on any atom is 0.418 e. The van der Waals surface area contributed by atoms with Gasteiger partial charge in [-0.1, -0.05) is 48.5 Å². The molecule has 0 amide bonds. The minimum absolute atomic E-state index is 0.0996. The number of likely N-dealkylation sites (tertiary alicyclic amines) is 1. The van der Waals surface area contributed by atoms with E-state index in [-0.39, 0.29) is 11.2 Å². The summed E-state index contributed by atoms with van der Waals surface area (Å²) in [5.41, 5.74) is 3.92. The topological polar surface area (TPSA) is 45.6 Å². The average molecular weight is 454 g/mol. The second kappa shape index (κ2) is 8.47. The van der Waals surface area contributed by atoms with Gasteiger partial charge in [0.1, 0.15) is 11.4 Å². The molecule has 1 atom stereocenters. The van der Waals surface area contributed by atoms with Gasteiger partial charge in [0.2, 0.25) is 0 Å². The van der Waals surface area contributed by atoms with Crippen LogP contribution in [0.15, 0.2) is 67.0 Å². The predicted molar refractivity (Wildman–Crippen MR) is 119 cm³/mol. The van der Waals surface area contributed by atoms with Gasteiger partial charge in [0, 0.05) is 50.7 Å². The number of benzene rings is 2. The van der Waals surface area contributed by atoms with Crippen LogP contribution in [0.5, 0.6) is 5.75 Å². The Bertz CT molecular complexity index is 1080. The van der Waals surface area contributed by atoms with E-state index in [1.54, 1.807) is 12.1 Å². The molecule has 4 nitrogen and oxygen atoms in total. The Balaban J connectivity index is 1.18. The van der Waals surface area contributed by atoms with Crippen LogP contribution in [-0.2, 0) is 13.0 Å². The number of pyridine rings is 1. The van der Waals surface area contributed by atoms with E-state index in [4.69, 9.17) is 4.74 Å². The van der Waals surface area contributed by atoms with Crippen molar-refractivity contribution in [2.45, 2.75) is 43.7 Å². The standard InChI is InChI=1S/C26H25F3N2O2/c27-26(28,29)24(32)21-7-5-20(6-8-21)19-3-1-18(2-4-19)17-31-13-10-25(11-14-31)15-22-9-12-30-16-23(22)33-25/h1-9,12,16,24,32H,10-11,13-15,17H2/t24-/m1/s1. The first-order valence-electron chi connectivity index (χ1n) is 11.1. The molecule has 33 heavy (non-hydrogen) atoms. The zero-order chi connectivity index (χ0) is 23.1. The maximum atomic E-state index is 12.7. The highest BCUT2D eigenvalue weighted by atomic mass is 19.4. The van der Waals surface area contributed by atoms with Gasteiger partial charge in [0.25, 0.3) is 0 Å². The zero-order valence-corrected chi connectivity index (χ0v) is 18.1. The summed E-state index contributed by atoms with van der Waals surface area (Å²) in [6.45, 7) is 2.78. The third-order valence-electron chi connectivity index (χ3n) is 6.71. The van der Waals surface area contributed by atoms with Crippen molar-refractivity contribution in [3.8, 4) is 16.9 Å². The number of nitrogens with zero attached hydrogens (tertiary/aromatic N) is 2. The maximum absolute atomic E-state index is 12.7. The molecule has 7 heteroatoms. The van der Waals surface area contributed by atoms with E-state index in [1.165, 1.54) is 23.3 Å². The second-order valence-corrected chi connectivity index (χ2v) is 8.98. The lowest BCUT2D eigenvalue weighted by molar-refractivity contribution is -0.206. The zero-order valence-electron chi connectivity index (χ0n) is 18.1. The minimum atomic E-state index is -4.66. The van der Waals surface area contributed by atoms with Crippen molar-refractivity contribution in [1.29, 1.82) is 0 Å². The van der Waals surface area contributed by atoms with Gasteiger partial charge in [-0.25, -0.2) is 0 Å². The van der Waals surface area contributed by atoms with Gasteiger partial charge in [-0.05, 0) is 28.3 Å². The summed E-state index contributed by atoms with van der Waals surface area (Å²) < 4.78 is 44.3. The molecular formula is C26H25F3N2O2. The summed E-state index contributed by atoms with van der Waals surface area (Å²) in [4.78, 5) is 6.59. The van der Waals surface area contributed by atoms with Gasteiger partial charge in [-0.3, -0.25) is 9.88 Å². The monoisotopic (exact) mass is 454 g/mol. The van der Waals surface area contributed by atoms with E-state index < -0.39 is 12.3 Å².